The number of halogens is 1. The van der Waals surface area contributed by atoms with Crippen LogP contribution in [0.15, 0.2) is 22.7 Å². The van der Waals surface area contributed by atoms with Crippen molar-refractivity contribution < 1.29 is 4.74 Å². The van der Waals surface area contributed by atoms with E-state index in [-0.39, 0.29) is 0 Å². The van der Waals surface area contributed by atoms with E-state index in [1.165, 1.54) is 5.56 Å². The molecule has 0 saturated carbocycles. The fourth-order valence-corrected chi connectivity index (χ4v) is 2.21. The molecule has 96 valence electrons. The van der Waals surface area contributed by atoms with Crippen LogP contribution < -0.4 is 10.5 Å². The molecule has 17 heavy (non-hydrogen) atoms. The monoisotopic (exact) mass is 299 g/mol. The highest BCUT2D eigenvalue weighted by Crippen LogP contribution is 2.32. The maximum absolute atomic E-state index is 5.79. The number of ether oxygens (including phenoxy) is 1. The lowest BCUT2D eigenvalue weighted by Crippen LogP contribution is -2.05. The van der Waals surface area contributed by atoms with E-state index in [0.717, 1.165) is 42.6 Å². The van der Waals surface area contributed by atoms with Crippen molar-refractivity contribution in [3.05, 3.63) is 28.2 Å². The van der Waals surface area contributed by atoms with E-state index < -0.39 is 0 Å². The van der Waals surface area contributed by atoms with Gasteiger partial charge in [-0.3, -0.25) is 0 Å². The van der Waals surface area contributed by atoms with Crippen molar-refractivity contribution in [2.45, 2.75) is 39.0 Å². The maximum Gasteiger partial charge on any atom is 0.122 e. The zero-order chi connectivity index (χ0) is 12.7. The standard InChI is InChI=1S/C14H22BrNO/c1-3-9-17-14-7-6-12(15)10-13(14)11(2)5-4-8-16/h6-7,10-11H,3-5,8-9,16H2,1-2H3. The van der Waals surface area contributed by atoms with Crippen LogP contribution in [0.3, 0.4) is 0 Å². The van der Waals surface area contributed by atoms with Crippen LogP contribution in [0, 0.1) is 0 Å². The van der Waals surface area contributed by atoms with E-state index in [4.69, 9.17) is 10.5 Å². The molecule has 1 aromatic rings. The summed E-state index contributed by atoms with van der Waals surface area (Å²) in [5, 5.41) is 0. The molecule has 1 unspecified atom stereocenters. The molecule has 1 aromatic carbocycles. The van der Waals surface area contributed by atoms with Gasteiger partial charge in [-0.2, -0.15) is 0 Å². The lowest BCUT2D eigenvalue weighted by molar-refractivity contribution is 0.312. The Morgan fingerprint density at radius 3 is 2.82 bits per heavy atom. The SMILES string of the molecule is CCCOc1ccc(Br)cc1C(C)CCCN. The predicted molar refractivity (Wildman–Crippen MR) is 76.6 cm³/mol. The Morgan fingerprint density at radius 1 is 1.41 bits per heavy atom. The Bertz CT molecular complexity index is 341. The van der Waals surface area contributed by atoms with Gasteiger partial charge in [-0.25, -0.2) is 0 Å². The Kier molecular flexibility index (Phi) is 6.60. The first-order chi connectivity index (χ1) is 8.19. The third-order valence-electron chi connectivity index (χ3n) is 2.81. The number of benzene rings is 1. The van der Waals surface area contributed by atoms with Gasteiger partial charge in [0.05, 0.1) is 6.61 Å². The van der Waals surface area contributed by atoms with Gasteiger partial charge in [0.25, 0.3) is 0 Å². The van der Waals surface area contributed by atoms with Crippen LogP contribution in [-0.2, 0) is 0 Å². The largest absolute Gasteiger partial charge is 0.493 e. The van der Waals surface area contributed by atoms with Gasteiger partial charge >= 0.3 is 0 Å². The summed E-state index contributed by atoms with van der Waals surface area (Å²) < 4.78 is 6.90. The Hall–Kier alpha value is -0.540. The third-order valence-corrected chi connectivity index (χ3v) is 3.30. The van der Waals surface area contributed by atoms with Crippen LogP contribution >= 0.6 is 15.9 Å². The Balaban J connectivity index is 2.81. The minimum atomic E-state index is 0.489. The maximum atomic E-state index is 5.79. The van der Waals surface area contributed by atoms with Crippen LogP contribution in [0.1, 0.15) is 44.6 Å². The highest BCUT2D eigenvalue weighted by Gasteiger charge is 2.12. The second-order valence-corrected chi connectivity index (χ2v) is 5.28. The third kappa shape index (κ3) is 4.68. The van der Waals surface area contributed by atoms with E-state index >= 15 is 0 Å². The molecule has 1 rings (SSSR count). The van der Waals surface area contributed by atoms with Gasteiger partial charge < -0.3 is 10.5 Å². The van der Waals surface area contributed by atoms with Crippen molar-refractivity contribution in [3.8, 4) is 5.75 Å². The predicted octanol–water partition coefficient (Wildman–Crippen LogP) is 4.08. The van der Waals surface area contributed by atoms with E-state index in [1.54, 1.807) is 0 Å². The minimum absolute atomic E-state index is 0.489. The fourth-order valence-electron chi connectivity index (χ4n) is 1.83. The second kappa shape index (κ2) is 7.72. The molecule has 0 amide bonds. The van der Waals surface area contributed by atoms with Crippen molar-refractivity contribution in [1.82, 2.24) is 0 Å². The molecule has 2 N–H and O–H groups in total. The summed E-state index contributed by atoms with van der Waals surface area (Å²) in [6.45, 7) is 5.88. The first-order valence-electron chi connectivity index (χ1n) is 6.31. The summed E-state index contributed by atoms with van der Waals surface area (Å²) in [6.07, 6.45) is 3.20. The van der Waals surface area contributed by atoms with E-state index in [1.807, 2.05) is 12.1 Å². The first kappa shape index (κ1) is 14.5. The van der Waals surface area contributed by atoms with Crippen LogP contribution in [0.25, 0.3) is 0 Å². The van der Waals surface area contributed by atoms with Crippen LogP contribution in [0.4, 0.5) is 0 Å². The minimum Gasteiger partial charge on any atom is -0.493 e. The number of hydrogen-bond acceptors (Lipinski definition) is 2. The van der Waals surface area contributed by atoms with Crippen molar-refractivity contribution in [2.24, 2.45) is 5.73 Å². The molecular weight excluding hydrogens is 278 g/mol. The summed E-state index contributed by atoms with van der Waals surface area (Å²) in [5.74, 6) is 1.50. The Labute approximate surface area is 113 Å². The molecule has 0 aromatic heterocycles. The summed E-state index contributed by atoms with van der Waals surface area (Å²) in [6, 6.07) is 6.24. The highest BCUT2D eigenvalue weighted by molar-refractivity contribution is 9.10. The van der Waals surface area contributed by atoms with Crippen molar-refractivity contribution in [1.29, 1.82) is 0 Å². The molecule has 0 aliphatic carbocycles. The molecule has 0 spiro atoms. The molecular formula is C14H22BrNO. The molecule has 0 radical (unpaired) electrons. The van der Waals surface area contributed by atoms with E-state index in [9.17, 15) is 0 Å². The zero-order valence-corrected chi connectivity index (χ0v) is 12.3. The molecule has 0 bridgehead atoms. The van der Waals surface area contributed by atoms with Gasteiger partial charge in [0.2, 0.25) is 0 Å². The van der Waals surface area contributed by atoms with Gasteiger partial charge in [0, 0.05) is 4.47 Å². The van der Waals surface area contributed by atoms with Crippen molar-refractivity contribution in [2.75, 3.05) is 13.2 Å². The average molecular weight is 300 g/mol. The fraction of sp³-hybridized carbons (Fsp3) is 0.571. The van der Waals surface area contributed by atoms with Crippen molar-refractivity contribution >= 4 is 15.9 Å². The van der Waals surface area contributed by atoms with Crippen LogP contribution in [0.2, 0.25) is 0 Å². The topological polar surface area (TPSA) is 35.2 Å². The normalized spacial score (nSPS) is 12.5. The molecule has 0 aliphatic rings. The number of hydrogen-bond donors (Lipinski definition) is 1. The van der Waals surface area contributed by atoms with Gasteiger partial charge in [-0.1, -0.05) is 29.8 Å². The van der Waals surface area contributed by atoms with E-state index in [0.29, 0.717) is 5.92 Å². The molecule has 2 nitrogen and oxygen atoms in total. The Morgan fingerprint density at radius 2 is 2.18 bits per heavy atom. The first-order valence-corrected chi connectivity index (χ1v) is 7.10. The zero-order valence-electron chi connectivity index (χ0n) is 10.7. The summed E-state index contributed by atoms with van der Waals surface area (Å²) in [7, 11) is 0. The molecule has 3 heteroatoms. The van der Waals surface area contributed by atoms with E-state index in [2.05, 4.69) is 35.8 Å². The van der Waals surface area contributed by atoms with Gasteiger partial charge in [-0.15, -0.1) is 0 Å². The summed E-state index contributed by atoms with van der Waals surface area (Å²) in [5.41, 5.74) is 6.84. The van der Waals surface area contributed by atoms with Crippen molar-refractivity contribution in [3.63, 3.8) is 0 Å². The molecule has 0 fully saturated rings. The van der Waals surface area contributed by atoms with Gasteiger partial charge in [0.1, 0.15) is 5.75 Å². The smallest absolute Gasteiger partial charge is 0.122 e. The van der Waals surface area contributed by atoms with Gasteiger partial charge in [-0.05, 0) is 55.5 Å². The lowest BCUT2D eigenvalue weighted by atomic mass is 9.95. The summed E-state index contributed by atoms with van der Waals surface area (Å²) in [4.78, 5) is 0. The molecule has 0 heterocycles. The van der Waals surface area contributed by atoms with Crippen LogP contribution in [0.5, 0.6) is 5.75 Å². The quantitative estimate of drug-likeness (QED) is 0.823. The molecule has 0 aliphatic heterocycles. The number of rotatable bonds is 7. The number of nitrogens with two attached hydrogens (primary N) is 1. The molecule has 0 saturated heterocycles. The second-order valence-electron chi connectivity index (χ2n) is 4.36. The highest BCUT2D eigenvalue weighted by atomic mass is 79.9. The van der Waals surface area contributed by atoms with Gasteiger partial charge in [0.15, 0.2) is 0 Å². The average Bonchev–Trinajstić information content (AvgIpc) is 2.34. The summed E-state index contributed by atoms with van der Waals surface area (Å²) >= 11 is 3.52. The van der Waals surface area contributed by atoms with Crippen LogP contribution in [-0.4, -0.2) is 13.2 Å². The lowest BCUT2D eigenvalue weighted by Gasteiger charge is -2.17. The molecule has 1 atom stereocenters.